The predicted octanol–water partition coefficient (Wildman–Crippen LogP) is 3.56. The van der Waals surface area contributed by atoms with Crippen LogP contribution in [0.3, 0.4) is 0 Å². The highest BCUT2D eigenvalue weighted by Gasteiger charge is 2.07. The van der Waals surface area contributed by atoms with Gasteiger partial charge in [-0.1, -0.05) is 0 Å². The molecule has 0 bridgehead atoms. The third-order valence-corrected chi connectivity index (χ3v) is 2.55. The van der Waals surface area contributed by atoms with Crippen LogP contribution in [0, 0.1) is 18.6 Å². The van der Waals surface area contributed by atoms with Crippen molar-refractivity contribution in [2.45, 2.75) is 13.5 Å². The fourth-order valence-electron chi connectivity index (χ4n) is 1.58. The Morgan fingerprint density at radius 2 is 1.89 bits per heavy atom. The maximum Gasteiger partial charge on any atom is 0.133 e. The molecule has 0 saturated carbocycles. The highest BCUT2D eigenvalue weighted by atomic mass is 19.1. The van der Waals surface area contributed by atoms with Crippen LogP contribution >= 0.6 is 0 Å². The Balaban J connectivity index is 2.30. The molecule has 0 aliphatic rings. The molecule has 2 aromatic rings. The van der Waals surface area contributed by atoms with E-state index in [1.165, 1.54) is 30.3 Å². The van der Waals surface area contributed by atoms with Crippen LogP contribution in [-0.4, -0.2) is 5.11 Å². The second kappa shape index (κ2) is 5.14. The van der Waals surface area contributed by atoms with E-state index in [2.05, 4.69) is 0 Å². The molecule has 18 heavy (non-hydrogen) atoms. The Bertz CT molecular complexity index is 568. The van der Waals surface area contributed by atoms with Crippen molar-refractivity contribution < 1.29 is 18.6 Å². The highest BCUT2D eigenvalue weighted by molar-refractivity contribution is 5.39. The molecule has 0 radical (unpaired) electrons. The summed E-state index contributed by atoms with van der Waals surface area (Å²) in [7, 11) is 0. The minimum absolute atomic E-state index is 0.316. The maximum absolute atomic E-state index is 13.1. The second-order valence-corrected chi connectivity index (χ2v) is 3.92. The standard InChI is InChI=1S/C14H12F2O2/c1-9-6-12(3-4-13(9)16)18-14-5-2-11(15)7-10(14)8-17/h2-7,17H,8H2,1H3. The van der Waals surface area contributed by atoms with Gasteiger partial charge >= 0.3 is 0 Å². The van der Waals surface area contributed by atoms with Gasteiger partial charge in [-0.2, -0.15) is 0 Å². The van der Waals surface area contributed by atoms with Gasteiger partial charge in [-0.3, -0.25) is 0 Å². The lowest BCUT2D eigenvalue weighted by Crippen LogP contribution is -1.93. The van der Waals surface area contributed by atoms with Crippen LogP contribution in [0.25, 0.3) is 0 Å². The topological polar surface area (TPSA) is 29.5 Å². The molecular formula is C14H12F2O2. The van der Waals surface area contributed by atoms with Crippen molar-refractivity contribution in [1.82, 2.24) is 0 Å². The van der Waals surface area contributed by atoms with Crippen molar-refractivity contribution in [2.24, 2.45) is 0 Å². The van der Waals surface area contributed by atoms with Gasteiger partial charge in [-0.25, -0.2) is 8.78 Å². The molecule has 2 nitrogen and oxygen atoms in total. The molecule has 0 unspecified atom stereocenters. The number of aryl methyl sites for hydroxylation is 1. The van der Waals surface area contributed by atoms with Crippen LogP contribution in [0.5, 0.6) is 11.5 Å². The van der Waals surface area contributed by atoms with Gasteiger partial charge in [0.1, 0.15) is 23.1 Å². The van der Waals surface area contributed by atoms with Crippen molar-refractivity contribution in [3.63, 3.8) is 0 Å². The monoisotopic (exact) mass is 250 g/mol. The van der Waals surface area contributed by atoms with E-state index >= 15 is 0 Å². The number of hydrogen-bond donors (Lipinski definition) is 1. The smallest absolute Gasteiger partial charge is 0.133 e. The predicted molar refractivity (Wildman–Crippen MR) is 63.5 cm³/mol. The van der Waals surface area contributed by atoms with Crippen molar-refractivity contribution >= 4 is 0 Å². The molecule has 4 heteroatoms. The number of ether oxygens (including phenoxy) is 1. The lowest BCUT2D eigenvalue weighted by molar-refractivity contribution is 0.275. The van der Waals surface area contributed by atoms with Crippen molar-refractivity contribution in [3.05, 3.63) is 59.2 Å². The first kappa shape index (κ1) is 12.5. The first-order valence-electron chi connectivity index (χ1n) is 5.43. The molecule has 0 aromatic heterocycles. The molecule has 0 aliphatic carbocycles. The summed E-state index contributed by atoms with van der Waals surface area (Å²) in [4.78, 5) is 0. The van der Waals surface area contributed by atoms with E-state index in [-0.39, 0.29) is 12.4 Å². The van der Waals surface area contributed by atoms with E-state index < -0.39 is 5.82 Å². The maximum atomic E-state index is 13.1. The second-order valence-electron chi connectivity index (χ2n) is 3.92. The van der Waals surface area contributed by atoms with Gasteiger partial charge in [0.05, 0.1) is 6.61 Å². The Labute approximate surface area is 103 Å². The third kappa shape index (κ3) is 2.65. The van der Waals surface area contributed by atoms with Crippen LogP contribution < -0.4 is 4.74 Å². The summed E-state index contributed by atoms with van der Waals surface area (Å²) < 4.78 is 31.6. The molecule has 0 atom stereocenters. The molecule has 2 rings (SSSR count). The summed E-state index contributed by atoms with van der Waals surface area (Å²) in [5.74, 6) is 0.0330. The molecule has 0 saturated heterocycles. The third-order valence-electron chi connectivity index (χ3n) is 2.55. The number of aliphatic hydroxyl groups is 1. The average Bonchev–Trinajstić information content (AvgIpc) is 2.36. The van der Waals surface area contributed by atoms with E-state index in [1.807, 2.05) is 0 Å². The molecule has 1 N–H and O–H groups in total. The van der Waals surface area contributed by atoms with E-state index in [0.29, 0.717) is 22.6 Å². The lowest BCUT2D eigenvalue weighted by Gasteiger charge is -2.10. The van der Waals surface area contributed by atoms with E-state index in [0.717, 1.165) is 0 Å². The van der Waals surface area contributed by atoms with E-state index in [9.17, 15) is 8.78 Å². The Hall–Kier alpha value is -1.94. The Morgan fingerprint density at radius 3 is 2.56 bits per heavy atom. The van der Waals surface area contributed by atoms with Gasteiger partial charge < -0.3 is 9.84 Å². The Morgan fingerprint density at radius 1 is 1.11 bits per heavy atom. The van der Waals surface area contributed by atoms with Crippen molar-refractivity contribution in [3.8, 4) is 11.5 Å². The summed E-state index contributed by atoms with van der Waals surface area (Å²) in [5.41, 5.74) is 0.803. The summed E-state index contributed by atoms with van der Waals surface area (Å²) in [5, 5.41) is 9.11. The molecule has 0 fully saturated rings. The summed E-state index contributed by atoms with van der Waals surface area (Å²) in [6.07, 6.45) is 0. The van der Waals surface area contributed by atoms with Gasteiger partial charge in [0, 0.05) is 5.56 Å². The molecule has 0 aliphatic heterocycles. The van der Waals surface area contributed by atoms with Crippen LogP contribution in [0.15, 0.2) is 36.4 Å². The number of halogens is 2. The zero-order chi connectivity index (χ0) is 13.1. The van der Waals surface area contributed by atoms with Crippen molar-refractivity contribution in [2.75, 3.05) is 0 Å². The largest absolute Gasteiger partial charge is 0.457 e. The molecule has 94 valence electrons. The van der Waals surface area contributed by atoms with E-state index in [1.54, 1.807) is 13.0 Å². The van der Waals surface area contributed by atoms with E-state index in [4.69, 9.17) is 9.84 Å². The number of benzene rings is 2. The SMILES string of the molecule is Cc1cc(Oc2ccc(F)cc2CO)ccc1F. The van der Waals surface area contributed by atoms with Crippen molar-refractivity contribution in [1.29, 1.82) is 0 Å². The highest BCUT2D eigenvalue weighted by Crippen LogP contribution is 2.27. The molecular weight excluding hydrogens is 238 g/mol. The van der Waals surface area contributed by atoms with Crippen LogP contribution in [0.4, 0.5) is 8.78 Å². The van der Waals surface area contributed by atoms with Gasteiger partial charge in [-0.15, -0.1) is 0 Å². The van der Waals surface area contributed by atoms with Crippen LogP contribution in [0.1, 0.15) is 11.1 Å². The van der Waals surface area contributed by atoms with Gasteiger partial charge in [0.15, 0.2) is 0 Å². The summed E-state index contributed by atoms with van der Waals surface area (Å²) >= 11 is 0. The Kier molecular flexibility index (Phi) is 3.58. The average molecular weight is 250 g/mol. The normalized spacial score (nSPS) is 10.4. The van der Waals surface area contributed by atoms with Gasteiger partial charge in [0.25, 0.3) is 0 Å². The number of aliphatic hydroxyl groups excluding tert-OH is 1. The fourth-order valence-corrected chi connectivity index (χ4v) is 1.58. The minimum Gasteiger partial charge on any atom is -0.457 e. The minimum atomic E-state index is -0.443. The lowest BCUT2D eigenvalue weighted by atomic mass is 10.2. The first-order valence-corrected chi connectivity index (χ1v) is 5.43. The van der Waals surface area contributed by atoms with Crippen LogP contribution in [-0.2, 0) is 6.61 Å². The zero-order valence-electron chi connectivity index (χ0n) is 9.78. The number of hydrogen-bond acceptors (Lipinski definition) is 2. The first-order chi connectivity index (χ1) is 8.60. The summed E-state index contributed by atoms with van der Waals surface area (Å²) in [6, 6.07) is 8.19. The molecule has 0 heterocycles. The molecule has 2 aromatic carbocycles. The van der Waals surface area contributed by atoms with Gasteiger partial charge in [-0.05, 0) is 48.9 Å². The molecule has 0 amide bonds. The van der Waals surface area contributed by atoms with Gasteiger partial charge in [0.2, 0.25) is 0 Å². The fraction of sp³-hybridized carbons (Fsp3) is 0.143. The quantitative estimate of drug-likeness (QED) is 0.902. The van der Waals surface area contributed by atoms with Crippen LogP contribution in [0.2, 0.25) is 0 Å². The number of rotatable bonds is 3. The summed E-state index contributed by atoms with van der Waals surface area (Å²) in [6.45, 7) is 1.30. The zero-order valence-corrected chi connectivity index (χ0v) is 9.78. The molecule has 0 spiro atoms.